The number of aromatic nitrogens is 4. The van der Waals surface area contributed by atoms with E-state index in [1.54, 1.807) is 0 Å². The van der Waals surface area contributed by atoms with Crippen molar-refractivity contribution in [3.05, 3.63) is 170 Å². The summed E-state index contributed by atoms with van der Waals surface area (Å²) < 4.78 is 11.5. The molecule has 49 heavy (non-hydrogen) atoms. The second kappa shape index (κ2) is 11.0. The summed E-state index contributed by atoms with van der Waals surface area (Å²) in [6.07, 6.45) is 0. The molecule has 0 atom stereocenters. The minimum atomic E-state index is 0.409. The third-order valence-corrected chi connectivity index (χ3v) is 9.49. The number of pyridine rings is 1. The van der Waals surface area contributed by atoms with Gasteiger partial charge in [-0.15, -0.1) is 0 Å². The van der Waals surface area contributed by atoms with Crippen LogP contribution in [0, 0.1) is 0 Å². The van der Waals surface area contributed by atoms with Crippen LogP contribution in [0.15, 0.2) is 170 Å². The molecule has 0 aliphatic carbocycles. The smallest absolute Gasteiger partial charge is 0.160 e. The van der Waals surface area contributed by atoms with Crippen molar-refractivity contribution in [2.75, 3.05) is 0 Å². The van der Waals surface area contributed by atoms with E-state index in [0.29, 0.717) is 17.4 Å². The Balaban J connectivity index is 1.22. The molecular formula is C45H28N4. The number of hydrogen-bond donors (Lipinski definition) is 0. The number of nitrogens with zero attached hydrogens (tertiary/aromatic N) is 4. The van der Waals surface area contributed by atoms with Crippen LogP contribution in [-0.2, 0) is 0 Å². The van der Waals surface area contributed by atoms with Gasteiger partial charge in [-0.1, -0.05) is 133 Å². The Kier molecular flexibility index (Phi) is 5.91. The number of para-hydroxylation sites is 1. The first-order chi connectivity index (χ1) is 24.7. The van der Waals surface area contributed by atoms with Gasteiger partial charge in [0.15, 0.2) is 5.82 Å². The van der Waals surface area contributed by atoms with Crippen molar-refractivity contribution >= 4 is 54.4 Å². The van der Waals surface area contributed by atoms with E-state index in [9.17, 15) is 0 Å². The van der Waals surface area contributed by atoms with Crippen LogP contribution in [0.1, 0.15) is 1.37 Å². The highest BCUT2D eigenvalue weighted by atomic mass is 15.0. The number of fused-ring (bicyclic) bond motifs is 7. The Morgan fingerprint density at radius 1 is 0.429 bits per heavy atom. The third kappa shape index (κ3) is 4.42. The van der Waals surface area contributed by atoms with Crippen LogP contribution >= 0.6 is 0 Å². The quantitative estimate of drug-likeness (QED) is 0.183. The maximum Gasteiger partial charge on any atom is 0.160 e. The molecule has 0 radical (unpaired) electrons. The topological polar surface area (TPSA) is 43.6 Å². The fourth-order valence-corrected chi connectivity index (χ4v) is 7.18. The minimum absolute atomic E-state index is 0.409. The number of hydrogen-bond acceptors (Lipinski definition) is 3. The van der Waals surface area contributed by atoms with Gasteiger partial charge in [0.2, 0.25) is 0 Å². The van der Waals surface area contributed by atoms with E-state index in [1.807, 2.05) is 66.7 Å². The van der Waals surface area contributed by atoms with Gasteiger partial charge >= 0.3 is 0 Å². The van der Waals surface area contributed by atoms with Crippen molar-refractivity contribution in [3.63, 3.8) is 0 Å². The predicted molar refractivity (Wildman–Crippen MR) is 203 cm³/mol. The number of rotatable bonds is 4. The van der Waals surface area contributed by atoms with E-state index in [2.05, 4.69) is 102 Å². The molecule has 228 valence electrons. The van der Waals surface area contributed by atoms with Crippen molar-refractivity contribution in [2.24, 2.45) is 0 Å². The summed E-state index contributed by atoms with van der Waals surface area (Å²) >= 11 is 0. The lowest BCUT2D eigenvalue weighted by Crippen LogP contribution is -1.97. The zero-order valence-electron chi connectivity index (χ0n) is 27.4. The summed E-state index contributed by atoms with van der Waals surface area (Å²) in [4.78, 5) is 15.5. The standard InChI is InChI=1S/C45H28N4/c1-3-13-30(14-4-1)42-36-25-22-31-23-26-38(46-43(31)44(36)48-45(47-42)32-15-5-2-6-16-32)33-24-27-41-37(28-33)35-19-9-10-20-40(35)49(41)39-21-11-17-29-12-7-8-18-34(29)39/h1-28H/i23D. The lowest BCUT2D eigenvalue weighted by molar-refractivity contribution is 1.20. The van der Waals surface area contributed by atoms with Crippen LogP contribution in [0.2, 0.25) is 0 Å². The minimum Gasteiger partial charge on any atom is -0.309 e. The van der Waals surface area contributed by atoms with Gasteiger partial charge in [-0.05, 0) is 41.8 Å². The van der Waals surface area contributed by atoms with Gasteiger partial charge in [0, 0.05) is 43.6 Å². The van der Waals surface area contributed by atoms with Gasteiger partial charge in [0.1, 0.15) is 5.52 Å². The molecule has 7 aromatic carbocycles. The summed E-state index contributed by atoms with van der Waals surface area (Å²) in [7, 11) is 0. The van der Waals surface area contributed by atoms with Crippen LogP contribution in [0.4, 0.5) is 0 Å². The summed E-state index contributed by atoms with van der Waals surface area (Å²) in [6.45, 7) is 0. The number of benzene rings is 7. The highest BCUT2D eigenvalue weighted by Gasteiger charge is 2.17. The van der Waals surface area contributed by atoms with Crippen LogP contribution < -0.4 is 0 Å². The van der Waals surface area contributed by atoms with Crippen LogP contribution in [0.5, 0.6) is 0 Å². The molecule has 0 bridgehead atoms. The molecule has 4 nitrogen and oxygen atoms in total. The molecule has 0 unspecified atom stereocenters. The van der Waals surface area contributed by atoms with Crippen molar-refractivity contribution < 1.29 is 1.37 Å². The lowest BCUT2D eigenvalue weighted by atomic mass is 10.0. The molecule has 10 aromatic rings. The fraction of sp³-hybridized carbons (Fsp3) is 0. The maximum atomic E-state index is 9.16. The molecular weight excluding hydrogens is 597 g/mol. The zero-order chi connectivity index (χ0) is 33.2. The largest absolute Gasteiger partial charge is 0.309 e. The average molecular weight is 626 g/mol. The first-order valence-corrected chi connectivity index (χ1v) is 16.5. The summed E-state index contributed by atoms with van der Waals surface area (Å²) in [6, 6.07) is 56.7. The van der Waals surface area contributed by atoms with Gasteiger partial charge in [0.05, 0.1) is 35.0 Å². The highest BCUT2D eigenvalue weighted by Crippen LogP contribution is 2.38. The predicted octanol–water partition coefficient (Wildman–Crippen LogP) is 11.4. The molecule has 10 rings (SSSR count). The van der Waals surface area contributed by atoms with Gasteiger partial charge < -0.3 is 4.57 Å². The molecule has 0 aliphatic rings. The van der Waals surface area contributed by atoms with E-state index in [0.717, 1.165) is 66.5 Å². The average Bonchev–Trinajstić information content (AvgIpc) is 3.51. The van der Waals surface area contributed by atoms with Crippen LogP contribution in [0.25, 0.3) is 94.0 Å². The summed E-state index contributed by atoms with van der Waals surface area (Å²) in [5, 5.41) is 6.38. The summed E-state index contributed by atoms with van der Waals surface area (Å²) in [5.74, 6) is 0.630. The molecule has 0 fully saturated rings. The molecule has 0 N–H and O–H groups in total. The molecule has 0 aliphatic heterocycles. The second-order valence-corrected chi connectivity index (χ2v) is 12.4. The Morgan fingerprint density at radius 3 is 2.00 bits per heavy atom. The first-order valence-electron chi connectivity index (χ1n) is 17.0. The van der Waals surface area contributed by atoms with E-state index < -0.39 is 0 Å². The fourth-order valence-electron chi connectivity index (χ4n) is 7.18. The monoisotopic (exact) mass is 625 g/mol. The van der Waals surface area contributed by atoms with Gasteiger partial charge in [-0.3, -0.25) is 0 Å². The van der Waals surface area contributed by atoms with E-state index in [4.69, 9.17) is 16.3 Å². The molecule has 4 heteroatoms. The highest BCUT2D eigenvalue weighted by molar-refractivity contribution is 6.12. The Morgan fingerprint density at radius 2 is 1.14 bits per heavy atom. The van der Waals surface area contributed by atoms with Crippen LogP contribution in [0.3, 0.4) is 0 Å². The lowest BCUT2D eigenvalue weighted by Gasteiger charge is -2.12. The Labute approximate surface area is 284 Å². The van der Waals surface area contributed by atoms with Crippen LogP contribution in [-0.4, -0.2) is 19.5 Å². The molecule has 0 saturated carbocycles. The maximum absolute atomic E-state index is 9.16. The molecule has 3 heterocycles. The molecule has 0 amide bonds. The normalized spacial score (nSPS) is 12.0. The summed E-state index contributed by atoms with van der Waals surface area (Å²) in [5.41, 5.74) is 9.31. The van der Waals surface area contributed by atoms with Crippen molar-refractivity contribution in [2.45, 2.75) is 0 Å². The van der Waals surface area contributed by atoms with E-state index in [1.165, 1.54) is 16.2 Å². The Hall–Kier alpha value is -6.65. The third-order valence-electron chi connectivity index (χ3n) is 9.49. The second-order valence-electron chi connectivity index (χ2n) is 12.4. The molecule has 0 spiro atoms. The zero-order valence-corrected chi connectivity index (χ0v) is 26.4. The first kappa shape index (κ1) is 26.4. The van der Waals surface area contributed by atoms with Gasteiger partial charge in [-0.25, -0.2) is 15.0 Å². The Bertz CT molecular complexity index is 2930. The van der Waals surface area contributed by atoms with Crippen molar-refractivity contribution in [1.82, 2.24) is 19.5 Å². The molecule has 3 aromatic heterocycles. The van der Waals surface area contributed by atoms with Gasteiger partial charge in [-0.2, -0.15) is 0 Å². The SMILES string of the molecule is [2H]c1cc(-c2ccc3c(c2)c2ccccc2n3-c2cccc3ccccc23)nc2c1ccc1c(-c3ccccc3)nc(-c3ccccc3)nc12. The van der Waals surface area contributed by atoms with Crippen molar-refractivity contribution in [1.29, 1.82) is 0 Å². The molecule has 0 saturated heterocycles. The van der Waals surface area contributed by atoms with Gasteiger partial charge in [0.25, 0.3) is 0 Å². The van der Waals surface area contributed by atoms with Crippen molar-refractivity contribution in [3.8, 4) is 39.6 Å². The van der Waals surface area contributed by atoms with E-state index in [-0.39, 0.29) is 0 Å². The van der Waals surface area contributed by atoms with E-state index >= 15 is 0 Å².